The van der Waals surface area contributed by atoms with Gasteiger partial charge in [0.25, 0.3) is 5.91 Å². The van der Waals surface area contributed by atoms with Gasteiger partial charge in [0.2, 0.25) is 6.79 Å². The number of amides is 1. The second-order valence-electron chi connectivity index (χ2n) is 5.30. The van der Waals surface area contributed by atoms with Crippen LogP contribution in [-0.2, 0) is 0 Å². The Kier molecular flexibility index (Phi) is 4.15. The maximum atomic E-state index is 12.3. The van der Waals surface area contributed by atoms with E-state index in [9.17, 15) is 4.79 Å². The molecule has 2 unspecified atom stereocenters. The maximum Gasteiger partial charge on any atom is 0.251 e. The average molecular weight is 340 g/mol. The molecule has 0 aromatic heterocycles. The first-order valence-corrected chi connectivity index (χ1v) is 8.00. The summed E-state index contributed by atoms with van der Waals surface area (Å²) in [5, 5.41) is 3.13. The highest BCUT2D eigenvalue weighted by Gasteiger charge is 2.24. The van der Waals surface area contributed by atoms with Crippen molar-refractivity contribution in [1.29, 1.82) is 0 Å². The van der Waals surface area contributed by atoms with E-state index in [4.69, 9.17) is 9.47 Å². The fraction of sp³-hybridized carbons (Fsp3) is 0.533. The van der Waals surface area contributed by atoms with Crippen molar-refractivity contribution in [2.45, 2.75) is 43.0 Å². The third kappa shape index (κ3) is 2.92. The molecule has 1 fully saturated rings. The summed E-state index contributed by atoms with van der Waals surface area (Å²) in [5.74, 6) is 1.31. The minimum Gasteiger partial charge on any atom is -0.454 e. The van der Waals surface area contributed by atoms with E-state index in [2.05, 4.69) is 21.2 Å². The zero-order valence-electron chi connectivity index (χ0n) is 11.2. The molecule has 5 heteroatoms. The normalized spacial score (nSPS) is 25.1. The smallest absolute Gasteiger partial charge is 0.251 e. The lowest BCUT2D eigenvalue weighted by Crippen LogP contribution is -2.40. The zero-order valence-corrected chi connectivity index (χ0v) is 12.8. The van der Waals surface area contributed by atoms with Crippen molar-refractivity contribution < 1.29 is 14.3 Å². The maximum absolute atomic E-state index is 12.3. The number of carbonyl (C=O) groups is 1. The standard InChI is InChI=1S/C15H18BrNO3/c16-11-4-2-1-3-5-12(11)17-15(18)10-6-7-13-14(8-10)20-9-19-13/h6-8,11-12H,1-5,9H2,(H,17,18). The summed E-state index contributed by atoms with van der Waals surface area (Å²) in [7, 11) is 0. The van der Waals surface area contributed by atoms with Crippen LogP contribution in [0.2, 0.25) is 0 Å². The Hall–Kier alpha value is -1.23. The van der Waals surface area contributed by atoms with Crippen LogP contribution in [0.5, 0.6) is 11.5 Å². The molecule has 1 amide bonds. The van der Waals surface area contributed by atoms with Crippen molar-refractivity contribution in [3.8, 4) is 11.5 Å². The van der Waals surface area contributed by atoms with Crippen molar-refractivity contribution >= 4 is 21.8 Å². The van der Waals surface area contributed by atoms with Gasteiger partial charge in [0.1, 0.15) is 0 Å². The van der Waals surface area contributed by atoms with Gasteiger partial charge in [-0.15, -0.1) is 0 Å². The van der Waals surface area contributed by atoms with Crippen LogP contribution in [0.3, 0.4) is 0 Å². The fourth-order valence-corrected chi connectivity index (χ4v) is 3.43. The van der Waals surface area contributed by atoms with Gasteiger partial charge in [0.15, 0.2) is 11.5 Å². The number of hydrogen-bond acceptors (Lipinski definition) is 3. The molecule has 2 atom stereocenters. The lowest BCUT2D eigenvalue weighted by Gasteiger charge is -2.21. The molecule has 1 aliphatic heterocycles. The van der Waals surface area contributed by atoms with E-state index in [0.717, 1.165) is 12.8 Å². The van der Waals surface area contributed by atoms with Gasteiger partial charge >= 0.3 is 0 Å². The number of benzene rings is 1. The monoisotopic (exact) mass is 339 g/mol. The van der Waals surface area contributed by atoms with Crippen LogP contribution in [0, 0.1) is 0 Å². The van der Waals surface area contributed by atoms with Crippen molar-refractivity contribution in [3.63, 3.8) is 0 Å². The molecule has 108 valence electrons. The molecule has 2 aliphatic rings. The topological polar surface area (TPSA) is 47.6 Å². The molecule has 3 rings (SSSR count). The summed E-state index contributed by atoms with van der Waals surface area (Å²) in [6.07, 6.45) is 5.80. The molecule has 4 nitrogen and oxygen atoms in total. The highest BCUT2D eigenvalue weighted by atomic mass is 79.9. The van der Waals surface area contributed by atoms with Gasteiger partial charge < -0.3 is 14.8 Å². The number of nitrogens with one attached hydrogen (secondary N) is 1. The molecular formula is C15H18BrNO3. The van der Waals surface area contributed by atoms with E-state index >= 15 is 0 Å². The first-order chi connectivity index (χ1) is 9.74. The molecule has 1 N–H and O–H groups in total. The highest BCUT2D eigenvalue weighted by Crippen LogP contribution is 2.32. The molecule has 0 saturated heterocycles. The Morgan fingerprint density at radius 1 is 1.15 bits per heavy atom. The predicted octanol–water partition coefficient (Wildman–Crippen LogP) is 3.24. The lowest BCUT2D eigenvalue weighted by molar-refractivity contribution is 0.0934. The molecule has 1 aliphatic carbocycles. The van der Waals surface area contributed by atoms with E-state index in [1.165, 1.54) is 19.3 Å². The number of halogens is 1. The number of rotatable bonds is 2. The van der Waals surface area contributed by atoms with E-state index < -0.39 is 0 Å². The summed E-state index contributed by atoms with van der Waals surface area (Å²) < 4.78 is 10.6. The SMILES string of the molecule is O=C(NC1CCCCCC1Br)c1ccc2c(c1)OCO2. The van der Waals surface area contributed by atoms with Crippen LogP contribution in [0.4, 0.5) is 0 Å². The number of alkyl halides is 1. The van der Waals surface area contributed by atoms with E-state index in [1.54, 1.807) is 18.2 Å². The summed E-state index contributed by atoms with van der Waals surface area (Å²) >= 11 is 3.70. The van der Waals surface area contributed by atoms with Crippen LogP contribution in [0.25, 0.3) is 0 Å². The number of hydrogen-bond donors (Lipinski definition) is 1. The average Bonchev–Trinajstić information content (AvgIpc) is 2.83. The van der Waals surface area contributed by atoms with E-state index in [1.807, 2.05) is 0 Å². The summed E-state index contributed by atoms with van der Waals surface area (Å²) in [6.45, 7) is 0.229. The Balaban J connectivity index is 1.69. The molecule has 0 bridgehead atoms. The first-order valence-electron chi connectivity index (χ1n) is 7.08. The quantitative estimate of drug-likeness (QED) is 0.664. The third-order valence-corrected chi connectivity index (χ3v) is 4.98. The van der Waals surface area contributed by atoms with Crippen LogP contribution in [-0.4, -0.2) is 23.6 Å². The Morgan fingerprint density at radius 3 is 2.85 bits per heavy atom. The van der Waals surface area contributed by atoms with Crippen LogP contribution >= 0.6 is 15.9 Å². The molecule has 1 aromatic carbocycles. The van der Waals surface area contributed by atoms with Gasteiger partial charge in [-0.1, -0.05) is 35.2 Å². The third-order valence-electron chi connectivity index (χ3n) is 3.88. The van der Waals surface area contributed by atoms with Crippen LogP contribution in [0.1, 0.15) is 42.5 Å². The second-order valence-corrected chi connectivity index (χ2v) is 6.48. The van der Waals surface area contributed by atoms with E-state index in [0.29, 0.717) is 21.9 Å². The van der Waals surface area contributed by atoms with Crippen molar-refractivity contribution in [1.82, 2.24) is 5.32 Å². The van der Waals surface area contributed by atoms with Crippen molar-refractivity contribution in [3.05, 3.63) is 23.8 Å². The lowest BCUT2D eigenvalue weighted by atomic mass is 10.1. The predicted molar refractivity (Wildman–Crippen MR) is 79.6 cm³/mol. The van der Waals surface area contributed by atoms with Gasteiger partial charge in [0, 0.05) is 16.4 Å². The molecule has 0 spiro atoms. The molecular weight excluding hydrogens is 322 g/mol. The largest absolute Gasteiger partial charge is 0.454 e. The molecule has 1 saturated carbocycles. The van der Waals surface area contributed by atoms with Gasteiger partial charge in [-0.05, 0) is 31.0 Å². The highest BCUT2D eigenvalue weighted by molar-refractivity contribution is 9.09. The van der Waals surface area contributed by atoms with Crippen molar-refractivity contribution in [2.24, 2.45) is 0 Å². The van der Waals surface area contributed by atoms with Gasteiger partial charge in [-0.3, -0.25) is 4.79 Å². The van der Waals surface area contributed by atoms with Gasteiger partial charge in [0.05, 0.1) is 0 Å². The molecule has 20 heavy (non-hydrogen) atoms. The molecule has 0 radical (unpaired) electrons. The van der Waals surface area contributed by atoms with Crippen molar-refractivity contribution in [2.75, 3.05) is 6.79 Å². The Bertz CT molecular complexity index is 506. The number of ether oxygens (including phenoxy) is 2. The van der Waals surface area contributed by atoms with Gasteiger partial charge in [-0.2, -0.15) is 0 Å². The summed E-state index contributed by atoms with van der Waals surface area (Å²) in [6, 6.07) is 5.52. The second kappa shape index (κ2) is 6.04. The van der Waals surface area contributed by atoms with Crippen LogP contribution < -0.4 is 14.8 Å². The number of fused-ring (bicyclic) bond motifs is 1. The number of carbonyl (C=O) groups excluding carboxylic acids is 1. The minimum atomic E-state index is -0.0420. The minimum absolute atomic E-state index is 0.0420. The van der Waals surface area contributed by atoms with Crippen LogP contribution in [0.15, 0.2) is 18.2 Å². The zero-order chi connectivity index (χ0) is 13.9. The Morgan fingerprint density at radius 2 is 1.95 bits per heavy atom. The Labute approximate surface area is 127 Å². The first kappa shape index (κ1) is 13.7. The summed E-state index contributed by atoms with van der Waals surface area (Å²) in [4.78, 5) is 12.7. The molecule has 1 aromatic rings. The van der Waals surface area contributed by atoms with Gasteiger partial charge in [-0.25, -0.2) is 0 Å². The van der Waals surface area contributed by atoms with E-state index in [-0.39, 0.29) is 18.7 Å². The summed E-state index contributed by atoms with van der Waals surface area (Å²) in [5.41, 5.74) is 0.623. The fourth-order valence-electron chi connectivity index (χ4n) is 2.71. The molecule has 1 heterocycles.